The van der Waals surface area contributed by atoms with E-state index >= 15 is 0 Å². The summed E-state index contributed by atoms with van der Waals surface area (Å²) >= 11 is 0. The van der Waals surface area contributed by atoms with Crippen molar-refractivity contribution in [1.82, 2.24) is 10.6 Å². The Kier molecular flexibility index (Phi) is 12.7. The fraction of sp³-hybridized carbons (Fsp3) is 0.345. The number of aliphatic hydroxyl groups is 1. The summed E-state index contributed by atoms with van der Waals surface area (Å²) in [4.78, 5) is 37.9. The molecule has 0 fully saturated rings. The minimum Gasteiger partial charge on any atom is -0.463 e. The number of benzene rings is 2. The molecule has 7 heteroatoms. The molecular formula is C29H36N2O5. The zero-order valence-corrected chi connectivity index (χ0v) is 20.6. The van der Waals surface area contributed by atoms with Crippen LogP contribution in [0.5, 0.6) is 0 Å². The van der Waals surface area contributed by atoms with Crippen molar-refractivity contribution in [3.8, 4) is 0 Å². The summed E-state index contributed by atoms with van der Waals surface area (Å²) in [7, 11) is 0. The van der Waals surface area contributed by atoms with Crippen molar-refractivity contribution in [2.75, 3.05) is 13.2 Å². The van der Waals surface area contributed by atoms with E-state index in [-0.39, 0.29) is 43.8 Å². The summed E-state index contributed by atoms with van der Waals surface area (Å²) in [5, 5.41) is 15.5. The molecule has 2 aromatic carbocycles. The van der Waals surface area contributed by atoms with Crippen molar-refractivity contribution in [1.29, 1.82) is 0 Å². The van der Waals surface area contributed by atoms with E-state index in [9.17, 15) is 19.5 Å². The molecule has 2 aromatic rings. The molecule has 0 radical (unpaired) electrons. The lowest BCUT2D eigenvalue weighted by Crippen LogP contribution is -2.42. The molecule has 3 N–H and O–H groups in total. The van der Waals surface area contributed by atoms with Crippen molar-refractivity contribution in [2.24, 2.45) is 5.92 Å². The number of carbonyl (C=O) groups excluding carboxylic acids is 3. The molecule has 7 nitrogen and oxygen atoms in total. The zero-order chi connectivity index (χ0) is 26.2. The highest BCUT2D eigenvalue weighted by molar-refractivity contribution is 5.86. The quantitative estimate of drug-likeness (QED) is 0.245. The fourth-order valence-electron chi connectivity index (χ4n) is 3.72. The van der Waals surface area contributed by atoms with Crippen LogP contribution in [0.15, 0.2) is 86.0 Å². The van der Waals surface area contributed by atoms with Gasteiger partial charge >= 0.3 is 5.97 Å². The van der Waals surface area contributed by atoms with Gasteiger partial charge in [-0.2, -0.15) is 0 Å². The number of hydrogen-bond acceptors (Lipinski definition) is 5. The highest BCUT2D eigenvalue weighted by Crippen LogP contribution is 2.17. The van der Waals surface area contributed by atoms with Gasteiger partial charge in [0.1, 0.15) is 6.61 Å². The van der Waals surface area contributed by atoms with Gasteiger partial charge in [0.2, 0.25) is 11.8 Å². The van der Waals surface area contributed by atoms with Crippen molar-refractivity contribution in [3.63, 3.8) is 0 Å². The molecule has 192 valence electrons. The Balaban J connectivity index is 2.02. The number of esters is 1. The van der Waals surface area contributed by atoms with E-state index in [0.717, 1.165) is 11.1 Å². The van der Waals surface area contributed by atoms with Gasteiger partial charge in [0, 0.05) is 12.8 Å². The van der Waals surface area contributed by atoms with Crippen LogP contribution in [0.1, 0.15) is 42.9 Å². The van der Waals surface area contributed by atoms with E-state index in [4.69, 9.17) is 4.74 Å². The lowest BCUT2D eigenvalue weighted by atomic mass is 9.98. The van der Waals surface area contributed by atoms with Gasteiger partial charge in [0.25, 0.3) is 0 Å². The Bertz CT molecular complexity index is 978. The van der Waals surface area contributed by atoms with E-state index in [1.54, 1.807) is 12.2 Å². The number of ether oxygens (including phenoxy) is 1. The van der Waals surface area contributed by atoms with Crippen LogP contribution in [-0.2, 0) is 25.5 Å². The molecule has 0 saturated heterocycles. The summed E-state index contributed by atoms with van der Waals surface area (Å²) in [6.45, 7) is 7.08. The van der Waals surface area contributed by atoms with Crippen molar-refractivity contribution >= 4 is 17.8 Å². The summed E-state index contributed by atoms with van der Waals surface area (Å²) in [6, 6.07) is 17.7. The Morgan fingerprint density at radius 2 is 1.61 bits per heavy atom. The third-order valence-corrected chi connectivity index (χ3v) is 5.65. The Morgan fingerprint density at radius 3 is 2.22 bits per heavy atom. The third-order valence-electron chi connectivity index (χ3n) is 5.65. The second-order valence-electron chi connectivity index (χ2n) is 8.54. The molecule has 3 atom stereocenters. The molecule has 0 aromatic heterocycles. The van der Waals surface area contributed by atoms with Crippen LogP contribution in [0, 0.1) is 5.92 Å². The zero-order valence-electron chi connectivity index (χ0n) is 20.6. The first-order valence-electron chi connectivity index (χ1n) is 12.1. The van der Waals surface area contributed by atoms with E-state index in [1.165, 1.54) is 0 Å². The van der Waals surface area contributed by atoms with Gasteiger partial charge in [-0.05, 0) is 30.4 Å². The molecule has 36 heavy (non-hydrogen) atoms. The van der Waals surface area contributed by atoms with Gasteiger partial charge in [-0.3, -0.25) is 14.4 Å². The molecule has 0 saturated carbocycles. The Hall–Kier alpha value is -3.71. The van der Waals surface area contributed by atoms with Gasteiger partial charge in [0.15, 0.2) is 0 Å². The topological polar surface area (TPSA) is 105 Å². The highest BCUT2D eigenvalue weighted by atomic mass is 16.5. The fourth-order valence-corrected chi connectivity index (χ4v) is 3.72. The van der Waals surface area contributed by atoms with Crippen LogP contribution in [0.2, 0.25) is 0 Å². The third kappa shape index (κ3) is 10.3. The molecule has 0 unspecified atom stereocenters. The van der Waals surface area contributed by atoms with Gasteiger partial charge in [-0.15, -0.1) is 13.2 Å². The normalized spacial score (nSPS) is 13.0. The Morgan fingerprint density at radius 1 is 0.944 bits per heavy atom. The first kappa shape index (κ1) is 28.5. The summed E-state index contributed by atoms with van der Waals surface area (Å²) < 4.78 is 5.38. The molecule has 0 aliphatic heterocycles. The van der Waals surface area contributed by atoms with Gasteiger partial charge in [-0.1, -0.05) is 72.8 Å². The van der Waals surface area contributed by atoms with Crippen molar-refractivity contribution in [2.45, 2.75) is 44.2 Å². The maximum absolute atomic E-state index is 13.2. The maximum atomic E-state index is 13.2. The average molecular weight is 493 g/mol. The number of hydrogen-bond donors (Lipinski definition) is 3. The second kappa shape index (κ2) is 16.1. The van der Waals surface area contributed by atoms with Crippen LogP contribution in [0.3, 0.4) is 0 Å². The molecular weight excluding hydrogens is 456 g/mol. The van der Waals surface area contributed by atoms with Crippen LogP contribution in [0.4, 0.5) is 0 Å². The largest absolute Gasteiger partial charge is 0.463 e. The van der Waals surface area contributed by atoms with Crippen LogP contribution in [0.25, 0.3) is 0 Å². The van der Waals surface area contributed by atoms with E-state index in [2.05, 4.69) is 23.8 Å². The van der Waals surface area contributed by atoms with Gasteiger partial charge in [-0.25, -0.2) is 0 Å². The molecule has 2 rings (SSSR count). The second-order valence-corrected chi connectivity index (χ2v) is 8.54. The predicted octanol–water partition coefficient (Wildman–Crippen LogP) is 3.66. The number of aliphatic hydroxyl groups excluding tert-OH is 1. The first-order valence-corrected chi connectivity index (χ1v) is 12.1. The van der Waals surface area contributed by atoms with E-state index < -0.39 is 18.0 Å². The number of nitrogens with one attached hydrogen (secondary N) is 2. The van der Waals surface area contributed by atoms with Crippen LogP contribution < -0.4 is 10.6 Å². The highest BCUT2D eigenvalue weighted by Gasteiger charge is 2.25. The standard InChI is InChI=1S/C29H36N2O5/c1-3-5-17-28(34)36-21-26(23-15-10-7-11-16-23)31-29(35)24(12-4-2)19-27(33)30-25(20-32)18-22-13-8-6-9-14-22/h3-4,6-11,13-16,24-26,32H,1-2,5,12,17-21H2,(H,30,33)(H,31,35)/t24-,25+,26+/m1/s1. The van der Waals surface area contributed by atoms with Gasteiger partial charge < -0.3 is 20.5 Å². The molecule has 0 aliphatic carbocycles. The SMILES string of the molecule is C=CCCC(=O)OC[C@H](NC(=O)[C@H](CC=C)CC(=O)N[C@H](CO)Cc1ccccc1)c1ccccc1. The summed E-state index contributed by atoms with van der Waals surface area (Å²) in [5.74, 6) is -1.72. The molecule has 0 aliphatic rings. The number of carbonyl (C=O) groups is 3. The minimum absolute atomic E-state index is 0.0254. The molecule has 0 bridgehead atoms. The summed E-state index contributed by atoms with van der Waals surface area (Å²) in [5.41, 5.74) is 1.78. The molecule has 0 spiro atoms. The lowest BCUT2D eigenvalue weighted by molar-refractivity contribution is -0.145. The van der Waals surface area contributed by atoms with Crippen LogP contribution in [-0.4, -0.2) is 42.1 Å². The lowest BCUT2D eigenvalue weighted by Gasteiger charge is -2.23. The van der Waals surface area contributed by atoms with E-state index in [0.29, 0.717) is 19.3 Å². The average Bonchev–Trinajstić information content (AvgIpc) is 2.90. The van der Waals surface area contributed by atoms with E-state index in [1.807, 2.05) is 60.7 Å². The number of allylic oxidation sites excluding steroid dienone is 2. The van der Waals surface area contributed by atoms with Crippen molar-refractivity contribution in [3.05, 3.63) is 97.1 Å². The van der Waals surface area contributed by atoms with Gasteiger partial charge in [0.05, 0.1) is 24.6 Å². The molecule has 0 heterocycles. The minimum atomic E-state index is -0.666. The predicted molar refractivity (Wildman–Crippen MR) is 140 cm³/mol. The first-order chi connectivity index (χ1) is 17.5. The van der Waals surface area contributed by atoms with Crippen LogP contribution >= 0.6 is 0 Å². The Labute approximate surface area is 213 Å². The van der Waals surface area contributed by atoms with Crippen molar-refractivity contribution < 1.29 is 24.2 Å². The maximum Gasteiger partial charge on any atom is 0.306 e. The number of amides is 2. The summed E-state index contributed by atoms with van der Waals surface area (Å²) in [6.07, 6.45) is 4.67. The number of rotatable bonds is 16. The smallest absolute Gasteiger partial charge is 0.306 e. The molecule has 2 amide bonds. The monoisotopic (exact) mass is 492 g/mol.